The maximum atomic E-state index is 12.8. The molecule has 3 N–H and O–H groups in total. The summed E-state index contributed by atoms with van der Waals surface area (Å²) in [5.74, 6) is 0.827. The second kappa shape index (κ2) is 10.7. The van der Waals surface area contributed by atoms with E-state index in [4.69, 9.17) is 0 Å². The summed E-state index contributed by atoms with van der Waals surface area (Å²) < 4.78 is 38.5. The molecule has 0 saturated heterocycles. The number of halogens is 3. The van der Waals surface area contributed by atoms with Gasteiger partial charge in [0.25, 0.3) is 5.91 Å². The Morgan fingerprint density at radius 2 is 1.66 bits per heavy atom. The normalized spacial score (nSPS) is 12.4. The molecule has 1 aromatic carbocycles. The summed E-state index contributed by atoms with van der Waals surface area (Å²) in [4.78, 5) is 20.4. The third kappa shape index (κ3) is 6.65. The van der Waals surface area contributed by atoms with Crippen LogP contribution in [0.1, 0.15) is 48.0 Å². The molecule has 0 aliphatic rings. The molecule has 1 amide bonds. The highest BCUT2D eigenvalue weighted by atomic mass is 19.4. The molecular weight excluding hydrogens is 459 g/mol. The van der Waals surface area contributed by atoms with Crippen molar-refractivity contribution in [3.05, 3.63) is 59.0 Å². The lowest BCUT2D eigenvalue weighted by atomic mass is 10.0. The first kappa shape index (κ1) is 25.9. The average Bonchev–Trinajstić information content (AvgIpc) is 2.79. The van der Waals surface area contributed by atoms with Gasteiger partial charge in [0, 0.05) is 24.2 Å². The number of nitrogens with one attached hydrogen (secondary N) is 3. The number of nitrogens with zero attached hydrogens (tertiary/aromatic N) is 4. The number of rotatable bonds is 8. The van der Waals surface area contributed by atoms with Gasteiger partial charge in [-0.3, -0.25) is 4.79 Å². The summed E-state index contributed by atoms with van der Waals surface area (Å²) in [6, 6.07) is 4.83. The van der Waals surface area contributed by atoms with Crippen LogP contribution in [0.25, 0.3) is 11.3 Å². The Kier molecular flexibility index (Phi) is 7.88. The van der Waals surface area contributed by atoms with Crippen LogP contribution in [-0.4, -0.2) is 44.7 Å². The third-order valence-corrected chi connectivity index (χ3v) is 5.28. The second-order valence-electron chi connectivity index (χ2n) is 8.56. The predicted molar refractivity (Wildman–Crippen MR) is 128 cm³/mol. The number of carbonyl (C=O) groups excluding carboxylic acids is 1. The summed E-state index contributed by atoms with van der Waals surface area (Å²) in [6.07, 6.45) is -1.47. The van der Waals surface area contributed by atoms with Crippen LogP contribution in [0, 0.1) is 13.8 Å². The topological polar surface area (TPSA) is 105 Å². The molecule has 3 rings (SSSR count). The van der Waals surface area contributed by atoms with Gasteiger partial charge in [-0.15, -0.1) is 10.2 Å². The Hall–Kier alpha value is -3.76. The Morgan fingerprint density at radius 3 is 2.23 bits per heavy atom. The predicted octanol–water partition coefficient (Wildman–Crippen LogP) is 4.62. The molecule has 2 heterocycles. The number of hydrogen-bond donors (Lipinski definition) is 3. The van der Waals surface area contributed by atoms with Crippen molar-refractivity contribution in [2.45, 2.75) is 52.9 Å². The van der Waals surface area contributed by atoms with Gasteiger partial charge in [-0.25, -0.2) is 9.97 Å². The summed E-state index contributed by atoms with van der Waals surface area (Å²) >= 11 is 0. The summed E-state index contributed by atoms with van der Waals surface area (Å²) in [5, 5.41) is 17.7. The van der Waals surface area contributed by atoms with Crippen LogP contribution in [0.15, 0.2) is 36.7 Å². The number of carbonyl (C=O) groups is 1. The molecule has 2 aromatic heterocycles. The highest BCUT2D eigenvalue weighted by molar-refractivity contribution is 5.92. The molecule has 35 heavy (non-hydrogen) atoms. The molecule has 1 atom stereocenters. The van der Waals surface area contributed by atoms with Crippen molar-refractivity contribution in [1.82, 2.24) is 25.5 Å². The zero-order chi connectivity index (χ0) is 25.8. The molecule has 0 aliphatic carbocycles. The van der Waals surface area contributed by atoms with Crippen molar-refractivity contribution < 1.29 is 18.0 Å². The molecule has 8 nitrogen and oxygen atoms in total. The molecule has 0 bridgehead atoms. The number of alkyl halides is 3. The number of aromatic nitrogens is 4. The fraction of sp³-hybridized carbons (Fsp3) is 0.375. The lowest BCUT2D eigenvalue weighted by Crippen LogP contribution is -2.31. The van der Waals surface area contributed by atoms with Crippen molar-refractivity contribution in [1.29, 1.82) is 0 Å². The van der Waals surface area contributed by atoms with Gasteiger partial charge in [-0.1, -0.05) is 12.1 Å². The van der Waals surface area contributed by atoms with Gasteiger partial charge in [-0.05, 0) is 57.9 Å². The van der Waals surface area contributed by atoms with E-state index in [1.54, 1.807) is 0 Å². The molecule has 0 aliphatic heterocycles. The number of amides is 1. The smallest absolute Gasteiger partial charge is 0.366 e. The van der Waals surface area contributed by atoms with Crippen LogP contribution in [0.5, 0.6) is 0 Å². The van der Waals surface area contributed by atoms with Crippen molar-refractivity contribution >= 4 is 17.5 Å². The molecule has 0 unspecified atom stereocenters. The zero-order valence-corrected chi connectivity index (χ0v) is 20.2. The first-order valence-corrected chi connectivity index (χ1v) is 11.1. The van der Waals surface area contributed by atoms with E-state index in [9.17, 15) is 18.0 Å². The van der Waals surface area contributed by atoms with Gasteiger partial charge in [-0.2, -0.15) is 13.2 Å². The second-order valence-corrected chi connectivity index (χ2v) is 8.56. The van der Waals surface area contributed by atoms with E-state index in [2.05, 4.69) is 36.1 Å². The Labute approximate surface area is 201 Å². The zero-order valence-electron chi connectivity index (χ0n) is 20.2. The van der Waals surface area contributed by atoms with E-state index in [0.29, 0.717) is 29.4 Å². The quantitative estimate of drug-likeness (QED) is 0.426. The summed E-state index contributed by atoms with van der Waals surface area (Å²) in [6.45, 7) is 9.91. The van der Waals surface area contributed by atoms with Crippen molar-refractivity contribution in [2.24, 2.45) is 0 Å². The van der Waals surface area contributed by atoms with Crippen LogP contribution in [0.4, 0.5) is 24.8 Å². The van der Waals surface area contributed by atoms with Gasteiger partial charge < -0.3 is 16.0 Å². The van der Waals surface area contributed by atoms with E-state index < -0.39 is 11.7 Å². The van der Waals surface area contributed by atoms with Crippen molar-refractivity contribution in [3.8, 4) is 11.3 Å². The fourth-order valence-corrected chi connectivity index (χ4v) is 3.27. The van der Waals surface area contributed by atoms with Gasteiger partial charge in [0.15, 0.2) is 5.82 Å². The minimum absolute atomic E-state index is 0.00684. The van der Waals surface area contributed by atoms with Crippen LogP contribution in [0.2, 0.25) is 0 Å². The van der Waals surface area contributed by atoms with E-state index in [1.165, 1.54) is 24.5 Å². The molecule has 0 spiro atoms. The highest BCUT2D eigenvalue weighted by Gasteiger charge is 2.30. The highest BCUT2D eigenvalue weighted by Crippen LogP contribution is 2.32. The summed E-state index contributed by atoms with van der Waals surface area (Å²) in [5.41, 5.74) is 2.30. The first-order valence-electron chi connectivity index (χ1n) is 11.1. The molecule has 0 saturated carbocycles. The maximum Gasteiger partial charge on any atom is 0.416 e. The van der Waals surface area contributed by atoms with Gasteiger partial charge >= 0.3 is 6.18 Å². The number of benzene rings is 1. The average molecular weight is 488 g/mol. The molecule has 11 heteroatoms. The van der Waals surface area contributed by atoms with Crippen LogP contribution >= 0.6 is 0 Å². The van der Waals surface area contributed by atoms with E-state index in [0.717, 1.165) is 23.3 Å². The lowest BCUT2D eigenvalue weighted by molar-refractivity contribution is -0.137. The minimum atomic E-state index is -4.39. The lowest BCUT2D eigenvalue weighted by Gasteiger charge is -2.18. The van der Waals surface area contributed by atoms with E-state index in [-0.39, 0.29) is 23.7 Å². The van der Waals surface area contributed by atoms with Crippen LogP contribution in [-0.2, 0) is 6.18 Å². The summed E-state index contributed by atoms with van der Waals surface area (Å²) in [7, 11) is 0. The standard InChI is InChI=1S/C24H28F3N7O/c1-13(2)31-23(35)19-11-29-20(12-28-19)32-14(3)10-30-22-16(5)15(4)21(33-34-22)17-6-8-18(9-7-17)24(25,26)27/h6-9,11-14H,10H2,1-5H3,(H,29,32)(H,30,34)(H,31,35)/t14-/m1/s1. The Morgan fingerprint density at radius 1 is 0.971 bits per heavy atom. The van der Waals surface area contributed by atoms with Gasteiger partial charge in [0.2, 0.25) is 0 Å². The molecule has 0 radical (unpaired) electrons. The van der Waals surface area contributed by atoms with Crippen molar-refractivity contribution in [3.63, 3.8) is 0 Å². The first-order chi connectivity index (χ1) is 16.5. The number of hydrogen-bond acceptors (Lipinski definition) is 7. The van der Waals surface area contributed by atoms with Crippen LogP contribution < -0.4 is 16.0 Å². The fourth-order valence-electron chi connectivity index (χ4n) is 3.27. The maximum absolute atomic E-state index is 12.8. The van der Waals surface area contributed by atoms with Crippen LogP contribution in [0.3, 0.4) is 0 Å². The third-order valence-electron chi connectivity index (χ3n) is 5.28. The Balaban J connectivity index is 1.62. The molecule has 186 valence electrons. The molecule has 0 fully saturated rings. The van der Waals surface area contributed by atoms with Gasteiger partial charge in [0.05, 0.1) is 23.7 Å². The van der Waals surface area contributed by atoms with E-state index in [1.807, 2.05) is 34.6 Å². The van der Waals surface area contributed by atoms with Gasteiger partial charge in [0.1, 0.15) is 11.5 Å². The Bertz CT molecular complexity index is 1160. The van der Waals surface area contributed by atoms with Crippen molar-refractivity contribution in [2.75, 3.05) is 17.2 Å². The monoisotopic (exact) mass is 487 g/mol. The van der Waals surface area contributed by atoms with E-state index >= 15 is 0 Å². The minimum Gasteiger partial charge on any atom is -0.366 e. The largest absolute Gasteiger partial charge is 0.416 e. The number of anilines is 2. The SMILES string of the molecule is Cc1c(NC[C@@H](C)Nc2cnc(C(=O)NC(C)C)cn2)nnc(-c2ccc(C(F)(F)F)cc2)c1C. The molecular formula is C24H28F3N7O. The molecule has 3 aromatic rings.